The molecule has 19 heavy (non-hydrogen) atoms. The third kappa shape index (κ3) is 5.31. The summed E-state index contributed by atoms with van der Waals surface area (Å²) in [5.74, 6) is 0.147. The molecule has 0 spiro atoms. The van der Waals surface area contributed by atoms with Crippen molar-refractivity contribution in [2.24, 2.45) is 10.9 Å². The Morgan fingerprint density at radius 1 is 1.37 bits per heavy atom. The van der Waals surface area contributed by atoms with E-state index in [4.69, 9.17) is 15.7 Å². The van der Waals surface area contributed by atoms with E-state index in [1.54, 1.807) is 0 Å². The van der Waals surface area contributed by atoms with Gasteiger partial charge in [-0.3, -0.25) is 4.90 Å². The zero-order valence-corrected chi connectivity index (χ0v) is 12.0. The average Bonchev–Trinajstić information content (AvgIpc) is 2.39. The molecular formula is C10H22N4O4S. The predicted molar refractivity (Wildman–Crippen MR) is 71.7 cm³/mol. The van der Waals surface area contributed by atoms with Crippen LogP contribution < -0.4 is 5.73 Å². The van der Waals surface area contributed by atoms with Crippen molar-refractivity contribution in [1.29, 1.82) is 0 Å². The summed E-state index contributed by atoms with van der Waals surface area (Å²) in [6.45, 7) is 4.92. The first-order valence-electron chi connectivity index (χ1n) is 6.24. The Morgan fingerprint density at radius 2 is 2.00 bits per heavy atom. The zero-order chi connectivity index (χ0) is 14.3. The van der Waals surface area contributed by atoms with Gasteiger partial charge in [0.15, 0.2) is 5.84 Å². The summed E-state index contributed by atoms with van der Waals surface area (Å²) in [5.41, 5.74) is 5.42. The fraction of sp³-hybridized carbons (Fsp3) is 0.900. The van der Waals surface area contributed by atoms with Crippen LogP contribution in [0.4, 0.5) is 0 Å². The molecule has 112 valence electrons. The number of hydrogen-bond donors (Lipinski definition) is 2. The maximum absolute atomic E-state index is 12.0. The van der Waals surface area contributed by atoms with Gasteiger partial charge in [-0.15, -0.1) is 0 Å². The molecule has 1 aliphatic heterocycles. The first-order valence-corrected chi connectivity index (χ1v) is 7.85. The van der Waals surface area contributed by atoms with Gasteiger partial charge in [-0.05, 0) is 6.92 Å². The number of oxime groups is 1. The van der Waals surface area contributed by atoms with E-state index in [1.165, 1.54) is 4.31 Å². The molecule has 1 rings (SSSR count). The number of rotatable bonds is 7. The van der Waals surface area contributed by atoms with Crippen molar-refractivity contribution >= 4 is 15.9 Å². The molecule has 8 nitrogen and oxygen atoms in total. The Hall–Kier alpha value is -0.900. The van der Waals surface area contributed by atoms with Crippen LogP contribution in [0.1, 0.15) is 6.92 Å². The monoisotopic (exact) mass is 294 g/mol. The van der Waals surface area contributed by atoms with Gasteiger partial charge in [-0.25, -0.2) is 8.42 Å². The topological polar surface area (TPSA) is 108 Å². The molecule has 9 heteroatoms. The van der Waals surface area contributed by atoms with Crippen LogP contribution in [0.2, 0.25) is 0 Å². The Labute approximate surface area is 113 Å². The molecule has 3 N–H and O–H groups in total. The van der Waals surface area contributed by atoms with Crippen LogP contribution in [0, 0.1) is 0 Å². The number of amidine groups is 1. The van der Waals surface area contributed by atoms with Crippen molar-refractivity contribution < 1.29 is 18.4 Å². The number of nitrogens with zero attached hydrogens (tertiary/aromatic N) is 3. The largest absolute Gasteiger partial charge is 0.409 e. The van der Waals surface area contributed by atoms with Gasteiger partial charge < -0.3 is 15.7 Å². The number of sulfonamides is 1. The fourth-order valence-corrected chi connectivity index (χ4v) is 3.17. The molecule has 0 bridgehead atoms. The summed E-state index contributed by atoms with van der Waals surface area (Å²) < 4.78 is 30.5. The van der Waals surface area contributed by atoms with Crippen molar-refractivity contribution in [1.82, 2.24) is 9.21 Å². The minimum absolute atomic E-state index is 0.0150. The van der Waals surface area contributed by atoms with E-state index in [-0.39, 0.29) is 18.2 Å². The fourth-order valence-electron chi connectivity index (χ4n) is 1.86. The van der Waals surface area contributed by atoms with Gasteiger partial charge in [0.2, 0.25) is 10.0 Å². The lowest BCUT2D eigenvalue weighted by molar-refractivity contribution is 0.160. The van der Waals surface area contributed by atoms with Gasteiger partial charge in [-0.1, -0.05) is 5.16 Å². The minimum atomic E-state index is -3.24. The Kier molecular flexibility index (Phi) is 6.49. The van der Waals surface area contributed by atoms with Gasteiger partial charge in [0, 0.05) is 32.8 Å². The molecule has 0 aromatic heterocycles. The van der Waals surface area contributed by atoms with E-state index >= 15 is 0 Å². The second kappa shape index (κ2) is 7.63. The van der Waals surface area contributed by atoms with Crippen LogP contribution in [0.5, 0.6) is 0 Å². The third-order valence-corrected chi connectivity index (χ3v) is 4.76. The lowest BCUT2D eigenvalue weighted by Crippen LogP contribution is -2.51. The minimum Gasteiger partial charge on any atom is -0.409 e. The molecule has 1 fully saturated rings. The Morgan fingerprint density at radius 3 is 2.53 bits per heavy atom. The maximum atomic E-state index is 12.0. The normalized spacial score (nSPS) is 19.7. The smallest absolute Gasteiger partial charge is 0.216 e. The first kappa shape index (κ1) is 16.2. The molecule has 1 heterocycles. The summed E-state index contributed by atoms with van der Waals surface area (Å²) in [6, 6.07) is 0. The molecular weight excluding hydrogens is 272 g/mol. The van der Waals surface area contributed by atoms with Gasteiger partial charge in [0.25, 0.3) is 0 Å². The molecule has 0 aliphatic carbocycles. The van der Waals surface area contributed by atoms with E-state index in [0.717, 1.165) is 0 Å². The lowest BCUT2D eigenvalue weighted by atomic mass is 10.3. The highest BCUT2D eigenvalue weighted by Gasteiger charge is 2.26. The van der Waals surface area contributed by atoms with Crippen LogP contribution in [0.15, 0.2) is 5.16 Å². The number of hydrogen-bond acceptors (Lipinski definition) is 6. The van der Waals surface area contributed by atoms with Crippen molar-refractivity contribution in [3.05, 3.63) is 0 Å². The molecule has 1 aliphatic rings. The second-order valence-corrected chi connectivity index (χ2v) is 6.37. The van der Waals surface area contributed by atoms with E-state index in [9.17, 15) is 8.42 Å². The summed E-state index contributed by atoms with van der Waals surface area (Å²) in [6.07, 6.45) is 0. The second-order valence-electron chi connectivity index (χ2n) is 4.28. The lowest BCUT2D eigenvalue weighted by Gasteiger charge is -2.33. The molecule has 0 aromatic rings. The van der Waals surface area contributed by atoms with Crippen LogP contribution >= 0.6 is 0 Å². The standard InChI is InChI=1S/C10H22N4O4S/c1-2-18-7-8-19(16,17)14-5-3-13(4-6-14)9-10(11)12-15/h15H,2-9H2,1H3,(H2,11,12). The first-order chi connectivity index (χ1) is 8.99. The Balaban J connectivity index is 2.40. The van der Waals surface area contributed by atoms with E-state index in [1.807, 2.05) is 11.8 Å². The van der Waals surface area contributed by atoms with Crippen molar-refractivity contribution in [3.63, 3.8) is 0 Å². The molecule has 1 saturated heterocycles. The molecule has 0 unspecified atom stereocenters. The number of ether oxygens (including phenoxy) is 1. The highest BCUT2D eigenvalue weighted by molar-refractivity contribution is 7.89. The van der Waals surface area contributed by atoms with Crippen molar-refractivity contribution in [2.75, 3.05) is 51.7 Å². The Bertz CT molecular complexity index is 390. The van der Waals surface area contributed by atoms with E-state index in [0.29, 0.717) is 39.3 Å². The average molecular weight is 294 g/mol. The van der Waals surface area contributed by atoms with Gasteiger partial charge >= 0.3 is 0 Å². The van der Waals surface area contributed by atoms with Crippen LogP contribution in [0.25, 0.3) is 0 Å². The van der Waals surface area contributed by atoms with Crippen LogP contribution in [0.3, 0.4) is 0 Å². The quantitative estimate of drug-likeness (QED) is 0.199. The van der Waals surface area contributed by atoms with Crippen molar-refractivity contribution in [3.8, 4) is 0 Å². The van der Waals surface area contributed by atoms with E-state index < -0.39 is 10.0 Å². The summed E-state index contributed by atoms with van der Waals surface area (Å²) >= 11 is 0. The van der Waals surface area contributed by atoms with Crippen molar-refractivity contribution in [2.45, 2.75) is 6.92 Å². The van der Waals surface area contributed by atoms with Gasteiger partial charge in [0.05, 0.1) is 18.9 Å². The van der Waals surface area contributed by atoms with Gasteiger partial charge in [-0.2, -0.15) is 4.31 Å². The zero-order valence-electron chi connectivity index (χ0n) is 11.2. The molecule has 0 aromatic carbocycles. The SMILES string of the molecule is CCOCCS(=O)(=O)N1CCN(CC(N)=NO)CC1. The highest BCUT2D eigenvalue weighted by atomic mass is 32.2. The summed E-state index contributed by atoms with van der Waals surface area (Å²) in [7, 11) is -3.24. The van der Waals surface area contributed by atoms with Crippen LogP contribution in [-0.4, -0.2) is 80.4 Å². The molecule has 0 saturated carbocycles. The van der Waals surface area contributed by atoms with E-state index in [2.05, 4.69) is 5.16 Å². The molecule has 0 amide bonds. The van der Waals surface area contributed by atoms with Gasteiger partial charge in [0.1, 0.15) is 0 Å². The van der Waals surface area contributed by atoms with Crippen LogP contribution in [-0.2, 0) is 14.8 Å². The third-order valence-electron chi connectivity index (χ3n) is 2.93. The summed E-state index contributed by atoms with van der Waals surface area (Å²) in [5, 5.41) is 11.4. The number of nitrogens with two attached hydrogens (primary N) is 1. The maximum Gasteiger partial charge on any atom is 0.216 e. The molecule has 0 radical (unpaired) electrons. The predicted octanol–water partition coefficient (Wildman–Crippen LogP) is -1.28. The highest BCUT2D eigenvalue weighted by Crippen LogP contribution is 2.08. The summed E-state index contributed by atoms with van der Waals surface area (Å²) in [4.78, 5) is 1.95. The molecule has 0 atom stereocenters. The number of piperazine rings is 1.